The zero-order chi connectivity index (χ0) is 22.0. The predicted molar refractivity (Wildman–Crippen MR) is 122 cm³/mol. The number of carbonyl (C=O) groups excluding carboxylic acids is 2. The van der Waals surface area contributed by atoms with Crippen LogP contribution < -0.4 is 10.9 Å². The molecule has 1 fully saturated rings. The molecule has 4 rings (SSSR count). The van der Waals surface area contributed by atoms with Crippen LogP contribution in [0.3, 0.4) is 0 Å². The highest BCUT2D eigenvalue weighted by molar-refractivity contribution is 7.20. The van der Waals surface area contributed by atoms with Crippen molar-refractivity contribution in [1.29, 1.82) is 0 Å². The molecule has 0 aliphatic carbocycles. The molecule has 3 aromatic rings. The van der Waals surface area contributed by atoms with Gasteiger partial charge in [0.2, 0.25) is 0 Å². The van der Waals surface area contributed by atoms with Gasteiger partial charge in [0.1, 0.15) is 10.7 Å². The fraction of sp³-hybridized carbons (Fsp3) is 0.304. The highest BCUT2D eigenvalue weighted by Gasteiger charge is 2.28. The van der Waals surface area contributed by atoms with Crippen LogP contribution >= 0.6 is 11.3 Å². The van der Waals surface area contributed by atoms with Crippen molar-refractivity contribution in [2.75, 3.05) is 18.4 Å². The summed E-state index contributed by atoms with van der Waals surface area (Å²) in [5, 5.41) is 7.41. The topological polar surface area (TPSA) is 84.3 Å². The fourth-order valence-corrected chi connectivity index (χ4v) is 4.97. The summed E-state index contributed by atoms with van der Waals surface area (Å²) in [5.41, 5.74) is 2.21. The summed E-state index contributed by atoms with van der Waals surface area (Å²) < 4.78 is 1.11. The molecule has 0 spiro atoms. The van der Waals surface area contributed by atoms with Gasteiger partial charge in [0, 0.05) is 31.1 Å². The number of amides is 2. The number of thiophene rings is 1. The van der Waals surface area contributed by atoms with Crippen LogP contribution in [0.15, 0.2) is 47.3 Å². The second-order valence-corrected chi connectivity index (χ2v) is 8.63. The van der Waals surface area contributed by atoms with Crippen molar-refractivity contribution in [3.8, 4) is 10.4 Å². The van der Waals surface area contributed by atoms with Crippen LogP contribution in [-0.2, 0) is 7.05 Å². The molecule has 160 valence electrons. The molecule has 31 heavy (non-hydrogen) atoms. The zero-order valence-electron chi connectivity index (χ0n) is 17.6. The number of aryl methyl sites for hydroxylation is 1. The number of hydrogen-bond acceptors (Lipinski definition) is 5. The third kappa shape index (κ3) is 4.29. The standard InChI is InChI=1S/C23H24N4O3S/c1-15-19(23(30)27-13-7-4-8-14-27)22(31-20(15)16-9-5-3-6-10-16)24-21(29)17-11-12-18(28)26(2)25-17/h3,5-6,9-12H,4,7-8,13-14H2,1-2H3,(H,24,29). The Balaban J connectivity index is 1.74. The fourth-order valence-electron chi connectivity index (χ4n) is 3.77. The summed E-state index contributed by atoms with van der Waals surface area (Å²) in [6, 6.07) is 12.5. The molecule has 0 atom stereocenters. The van der Waals surface area contributed by atoms with Gasteiger partial charge >= 0.3 is 0 Å². The third-order valence-corrected chi connectivity index (χ3v) is 6.72. The number of piperidine rings is 1. The van der Waals surface area contributed by atoms with Gasteiger partial charge in [0.15, 0.2) is 0 Å². The SMILES string of the molecule is Cc1c(-c2ccccc2)sc(NC(=O)c2ccc(=O)n(C)n2)c1C(=O)N1CCCCC1. The van der Waals surface area contributed by atoms with E-state index in [2.05, 4.69) is 10.4 Å². The quantitative estimate of drug-likeness (QED) is 0.676. The summed E-state index contributed by atoms with van der Waals surface area (Å²) in [6.45, 7) is 3.38. The molecule has 8 heteroatoms. The van der Waals surface area contributed by atoms with Gasteiger partial charge in [-0.3, -0.25) is 14.4 Å². The Morgan fingerprint density at radius 1 is 1.03 bits per heavy atom. The predicted octanol–water partition coefficient (Wildman–Crippen LogP) is 3.70. The van der Waals surface area contributed by atoms with Crippen molar-refractivity contribution in [2.45, 2.75) is 26.2 Å². The molecule has 1 N–H and O–H groups in total. The number of nitrogens with zero attached hydrogens (tertiary/aromatic N) is 3. The highest BCUT2D eigenvalue weighted by Crippen LogP contribution is 2.40. The van der Waals surface area contributed by atoms with E-state index in [1.54, 1.807) is 0 Å². The van der Waals surface area contributed by atoms with E-state index >= 15 is 0 Å². The molecular weight excluding hydrogens is 412 g/mol. The highest BCUT2D eigenvalue weighted by atomic mass is 32.1. The summed E-state index contributed by atoms with van der Waals surface area (Å²) in [4.78, 5) is 40.7. The first kappa shape index (κ1) is 21.0. The van der Waals surface area contributed by atoms with Crippen LogP contribution in [0.2, 0.25) is 0 Å². The van der Waals surface area contributed by atoms with Gasteiger partial charge in [0.05, 0.1) is 5.56 Å². The molecule has 0 bridgehead atoms. The normalized spacial score (nSPS) is 13.8. The van der Waals surface area contributed by atoms with Gasteiger partial charge in [-0.1, -0.05) is 30.3 Å². The van der Waals surface area contributed by atoms with Crippen molar-refractivity contribution >= 4 is 28.2 Å². The van der Waals surface area contributed by atoms with E-state index in [1.165, 1.54) is 30.5 Å². The number of anilines is 1. The third-order valence-electron chi connectivity index (χ3n) is 5.46. The lowest BCUT2D eigenvalue weighted by molar-refractivity contribution is 0.0725. The number of nitrogens with one attached hydrogen (secondary N) is 1. The number of likely N-dealkylation sites (tertiary alicyclic amines) is 1. The average molecular weight is 437 g/mol. The minimum Gasteiger partial charge on any atom is -0.339 e. The molecule has 1 aromatic carbocycles. The second kappa shape index (κ2) is 8.85. The van der Waals surface area contributed by atoms with Crippen molar-refractivity contribution in [2.24, 2.45) is 7.05 Å². The maximum Gasteiger partial charge on any atom is 0.276 e. The van der Waals surface area contributed by atoms with E-state index in [-0.39, 0.29) is 17.2 Å². The first-order valence-electron chi connectivity index (χ1n) is 10.3. The summed E-state index contributed by atoms with van der Waals surface area (Å²) in [6.07, 6.45) is 3.11. The maximum absolute atomic E-state index is 13.4. The Morgan fingerprint density at radius 3 is 2.42 bits per heavy atom. The van der Waals surface area contributed by atoms with E-state index in [1.807, 2.05) is 42.2 Å². The lowest BCUT2D eigenvalue weighted by Gasteiger charge is -2.27. The smallest absolute Gasteiger partial charge is 0.276 e. The Bertz CT molecular complexity index is 1180. The van der Waals surface area contributed by atoms with E-state index in [4.69, 9.17) is 0 Å². The summed E-state index contributed by atoms with van der Waals surface area (Å²) in [5.74, 6) is -0.511. The number of carbonyl (C=O) groups is 2. The Hall–Kier alpha value is -3.26. The van der Waals surface area contributed by atoms with Crippen LogP contribution in [-0.4, -0.2) is 39.6 Å². The van der Waals surface area contributed by atoms with Gasteiger partial charge in [0.25, 0.3) is 17.4 Å². The van der Waals surface area contributed by atoms with Gasteiger partial charge in [-0.25, -0.2) is 4.68 Å². The molecule has 1 saturated heterocycles. The van der Waals surface area contributed by atoms with Crippen molar-refractivity contribution in [3.05, 3.63) is 69.6 Å². The molecule has 2 aromatic heterocycles. The molecular formula is C23H24N4O3S. The van der Waals surface area contributed by atoms with Gasteiger partial charge in [-0.15, -0.1) is 11.3 Å². The monoisotopic (exact) mass is 436 g/mol. The first-order valence-corrected chi connectivity index (χ1v) is 11.1. The molecule has 7 nitrogen and oxygen atoms in total. The maximum atomic E-state index is 13.4. The second-order valence-electron chi connectivity index (χ2n) is 7.61. The minimum atomic E-state index is -0.454. The largest absolute Gasteiger partial charge is 0.339 e. The Kier molecular flexibility index (Phi) is 5.99. The van der Waals surface area contributed by atoms with Crippen molar-refractivity contribution < 1.29 is 9.59 Å². The molecule has 1 aliphatic heterocycles. The lowest BCUT2D eigenvalue weighted by Crippen LogP contribution is -2.36. The number of benzene rings is 1. The van der Waals surface area contributed by atoms with E-state index < -0.39 is 5.91 Å². The number of aromatic nitrogens is 2. The molecule has 0 saturated carbocycles. The summed E-state index contributed by atoms with van der Waals surface area (Å²) >= 11 is 1.39. The van der Waals surface area contributed by atoms with Crippen molar-refractivity contribution in [3.63, 3.8) is 0 Å². The van der Waals surface area contributed by atoms with Crippen LogP contribution in [0.1, 0.15) is 45.7 Å². The minimum absolute atomic E-state index is 0.0562. The van der Waals surface area contributed by atoms with Gasteiger partial charge < -0.3 is 10.2 Å². The zero-order valence-corrected chi connectivity index (χ0v) is 18.4. The molecule has 0 radical (unpaired) electrons. The van der Waals surface area contributed by atoms with Crippen LogP contribution in [0.25, 0.3) is 10.4 Å². The van der Waals surface area contributed by atoms with Gasteiger partial charge in [-0.05, 0) is 43.4 Å². The van der Waals surface area contributed by atoms with Crippen LogP contribution in [0.5, 0.6) is 0 Å². The molecule has 0 unspecified atom stereocenters. The first-order chi connectivity index (χ1) is 15.0. The molecule has 2 amide bonds. The van der Waals surface area contributed by atoms with Crippen LogP contribution in [0.4, 0.5) is 5.00 Å². The summed E-state index contributed by atoms with van der Waals surface area (Å²) in [7, 11) is 1.49. The molecule has 3 heterocycles. The number of rotatable bonds is 4. The Labute approximate surface area is 184 Å². The van der Waals surface area contributed by atoms with Crippen molar-refractivity contribution in [1.82, 2.24) is 14.7 Å². The number of hydrogen-bond donors (Lipinski definition) is 1. The van der Waals surface area contributed by atoms with Crippen LogP contribution in [0, 0.1) is 6.92 Å². The average Bonchev–Trinajstić information content (AvgIpc) is 3.11. The van der Waals surface area contributed by atoms with E-state index in [0.717, 1.165) is 53.0 Å². The molecule has 1 aliphatic rings. The van der Waals surface area contributed by atoms with Gasteiger partial charge in [-0.2, -0.15) is 5.10 Å². The van der Waals surface area contributed by atoms with E-state index in [9.17, 15) is 14.4 Å². The Morgan fingerprint density at radius 2 is 1.74 bits per heavy atom. The lowest BCUT2D eigenvalue weighted by atomic mass is 10.0. The van der Waals surface area contributed by atoms with E-state index in [0.29, 0.717) is 10.6 Å².